The maximum Gasteiger partial charge on any atom is 0.163 e. The van der Waals surface area contributed by atoms with Gasteiger partial charge in [0.1, 0.15) is 0 Å². The first-order chi connectivity index (χ1) is 10.8. The SMILES string of the molecule is C=C/C(=C/C1=NC(=C(OC)\C(=C/C)NC)/CC1(C)C)NC(=C)C. The maximum absolute atomic E-state index is 5.59. The van der Waals surface area contributed by atoms with Crippen LogP contribution in [-0.2, 0) is 4.74 Å². The third kappa shape index (κ3) is 4.62. The van der Waals surface area contributed by atoms with Crippen molar-refractivity contribution in [1.82, 2.24) is 10.6 Å². The molecule has 0 aromatic rings. The van der Waals surface area contributed by atoms with E-state index >= 15 is 0 Å². The molecule has 0 amide bonds. The van der Waals surface area contributed by atoms with Crippen molar-refractivity contribution in [3.63, 3.8) is 0 Å². The van der Waals surface area contributed by atoms with Crippen LogP contribution in [0, 0.1) is 5.41 Å². The predicted molar refractivity (Wildman–Crippen MR) is 98.9 cm³/mol. The summed E-state index contributed by atoms with van der Waals surface area (Å²) in [5.41, 5.74) is 4.58. The van der Waals surface area contributed by atoms with Crippen LogP contribution in [0.4, 0.5) is 0 Å². The van der Waals surface area contributed by atoms with Gasteiger partial charge in [-0.2, -0.15) is 0 Å². The molecule has 1 aliphatic heterocycles. The largest absolute Gasteiger partial charge is 0.493 e. The molecule has 4 nitrogen and oxygen atoms in total. The molecule has 1 rings (SSSR count). The Kier molecular flexibility index (Phi) is 6.43. The maximum atomic E-state index is 5.59. The monoisotopic (exact) mass is 315 g/mol. The van der Waals surface area contributed by atoms with Gasteiger partial charge in [-0.1, -0.05) is 33.1 Å². The first-order valence-electron chi connectivity index (χ1n) is 7.76. The van der Waals surface area contributed by atoms with Gasteiger partial charge in [-0.15, -0.1) is 0 Å². The minimum Gasteiger partial charge on any atom is -0.493 e. The molecule has 0 unspecified atom stereocenters. The lowest BCUT2D eigenvalue weighted by molar-refractivity contribution is 0.289. The molecule has 0 aromatic carbocycles. The van der Waals surface area contributed by atoms with Crippen LogP contribution < -0.4 is 10.6 Å². The van der Waals surface area contributed by atoms with E-state index in [2.05, 4.69) is 37.6 Å². The van der Waals surface area contributed by atoms with Gasteiger partial charge in [0.2, 0.25) is 0 Å². The number of nitrogens with zero attached hydrogens (tertiary/aromatic N) is 1. The van der Waals surface area contributed by atoms with Crippen LogP contribution in [0.5, 0.6) is 0 Å². The van der Waals surface area contributed by atoms with Crippen LogP contribution in [0.1, 0.15) is 34.1 Å². The zero-order valence-corrected chi connectivity index (χ0v) is 15.2. The highest BCUT2D eigenvalue weighted by Crippen LogP contribution is 2.38. The number of allylic oxidation sites excluding steroid dienone is 5. The zero-order chi connectivity index (χ0) is 17.6. The summed E-state index contributed by atoms with van der Waals surface area (Å²) in [4.78, 5) is 4.82. The molecule has 23 heavy (non-hydrogen) atoms. The van der Waals surface area contributed by atoms with Crippen LogP contribution in [0.3, 0.4) is 0 Å². The Hall–Kier alpha value is -2.23. The average molecular weight is 315 g/mol. The summed E-state index contributed by atoms with van der Waals surface area (Å²) in [5, 5.41) is 6.35. The van der Waals surface area contributed by atoms with Crippen molar-refractivity contribution in [2.24, 2.45) is 10.4 Å². The molecule has 0 spiro atoms. The van der Waals surface area contributed by atoms with Crippen molar-refractivity contribution in [2.75, 3.05) is 14.2 Å². The number of hydrogen-bond acceptors (Lipinski definition) is 4. The summed E-state index contributed by atoms with van der Waals surface area (Å²) in [6, 6.07) is 0. The van der Waals surface area contributed by atoms with Crippen molar-refractivity contribution < 1.29 is 4.74 Å². The fourth-order valence-corrected chi connectivity index (χ4v) is 2.52. The standard InChI is InChI=1S/C19H29N3O/c1-9-14(21-13(3)4)11-17-19(5,6)12-16(22-17)18(23-8)15(10-2)20-7/h9-11,20-21H,1,3,12H2,2,4-8H3/b14-11-,15-10+,18-16+. The highest BCUT2D eigenvalue weighted by molar-refractivity contribution is 6.02. The highest BCUT2D eigenvalue weighted by Gasteiger charge is 2.33. The number of methoxy groups -OCH3 is 1. The number of likely N-dealkylation sites (N-methyl/N-ethyl adjacent to an activating group) is 1. The second-order valence-corrected chi connectivity index (χ2v) is 6.20. The molecule has 0 saturated carbocycles. The van der Waals surface area contributed by atoms with Gasteiger partial charge in [-0.3, -0.25) is 4.99 Å². The summed E-state index contributed by atoms with van der Waals surface area (Å²) < 4.78 is 5.59. The third-order valence-corrected chi connectivity index (χ3v) is 3.70. The first kappa shape index (κ1) is 18.8. The summed E-state index contributed by atoms with van der Waals surface area (Å²) in [6.07, 6.45) is 6.60. The molecule has 0 bridgehead atoms. The number of nitrogens with one attached hydrogen (secondary N) is 2. The second kappa shape index (κ2) is 7.86. The average Bonchev–Trinajstić information content (AvgIpc) is 2.77. The number of aliphatic imine (C=N–C) groups is 1. The Balaban J connectivity index is 3.34. The lowest BCUT2D eigenvalue weighted by Gasteiger charge is -2.19. The van der Waals surface area contributed by atoms with E-state index in [-0.39, 0.29) is 5.41 Å². The molecule has 0 fully saturated rings. The Morgan fingerprint density at radius 2 is 2.04 bits per heavy atom. The molecule has 0 aliphatic carbocycles. The number of hydrogen-bond donors (Lipinski definition) is 2. The smallest absolute Gasteiger partial charge is 0.163 e. The third-order valence-electron chi connectivity index (χ3n) is 3.70. The van der Waals surface area contributed by atoms with Gasteiger partial charge in [-0.05, 0) is 26.0 Å². The Labute approximate surface area is 140 Å². The summed E-state index contributed by atoms with van der Waals surface area (Å²) >= 11 is 0. The van der Waals surface area contributed by atoms with Crippen LogP contribution in [0.2, 0.25) is 0 Å². The zero-order valence-electron chi connectivity index (χ0n) is 15.2. The first-order valence-corrected chi connectivity index (χ1v) is 7.76. The van der Waals surface area contributed by atoms with Crippen LogP contribution >= 0.6 is 0 Å². The van der Waals surface area contributed by atoms with E-state index in [1.807, 2.05) is 33.0 Å². The van der Waals surface area contributed by atoms with E-state index in [4.69, 9.17) is 9.73 Å². The normalized spacial score (nSPS) is 19.8. The number of ether oxygens (including phenoxy) is 1. The van der Waals surface area contributed by atoms with Gasteiger partial charge in [0.05, 0.1) is 18.5 Å². The van der Waals surface area contributed by atoms with Crippen LogP contribution in [0.25, 0.3) is 0 Å². The Morgan fingerprint density at radius 3 is 2.48 bits per heavy atom. The van der Waals surface area contributed by atoms with E-state index in [9.17, 15) is 0 Å². The van der Waals surface area contributed by atoms with Gasteiger partial charge in [-0.25, -0.2) is 0 Å². The van der Waals surface area contributed by atoms with E-state index < -0.39 is 0 Å². The molecule has 0 aromatic heterocycles. The minimum absolute atomic E-state index is 0.0727. The Morgan fingerprint density at radius 1 is 1.39 bits per heavy atom. The van der Waals surface area contributed by atoms with Gasteiger partial charge < -0.3 is 15.4 Å². The molecular formula is C19H29N3O. The summed E-state index contributed by atoms with van der Waals surface area (Å²) in [5.74, 6) is 0.791. The van der Waals surface area contributed by atoms with Crippen molar-refractivity contribution in [3.8, 4) is 0 Å². The van der Waals surface area contributed by atoms with Crippen molar-refractivity contribution in [3.05, 3.63) is 59.9 Å². The van der Waals surface area contributed by atoms with Crippen molar-refractivity contribution in [1.29, 1.82) is 0 Å². The minimum atomic E-state index is -0.0727. The van der Waals surface area contributed by atoms with E-state index in [1.54, 1.807) is 13.2 Å². The molecule has 126 valence electrons. The van der Waals surface area contributed by atoms with Crippen molar-refractivity contribution in [2.45, 2.75) is 34.1 Å². The topological polar surface area (TPSA) is 45.6 Å². The molecule has 1 heterocycles. The van der Waals surface area contributed by atoms with Gasteiger partial charge in [0.25, 0.3) is 0 Å². The molecule has 2 N–H and O–H groups in total. The molecule has 1 aliphatic rings. The fourth-order valence-electron chi connectivity index (χ4n) is 2.52. The van der Waals surface area contributed by atoms with Gasteiger partial charge >= 0.3 is 0 Å². The number of rotatable bonds is 7. The van der Waals surface area contributed by atoms with E-state index in [0.717, 1.165) is 40.7 Å². The summed E-state index contributed by atoms with van der Waals surface area (Å²) in [6.45, 7) is 16.0. The highest BCUT2D eigenvalue weighted by atomic mass is 16.5. The molecule has 4 heteroatoms. The van der Waals surface area contributed by atoms with Crippen LogP contribution in [0.15, 0.2) is 64.9 Å². The predicted octanol–water partition coefficient (Wildman–Crippen LogP) is 4.03. The van der Waals surface area contributed by atoms with Gasteiger partial charge in [0, 0.05) is 36.0 Å². The quantitative estimate of drug-likeness (QED) is 0.551. The summed E-state index contributed by atoms with van der Waals surface area (Å²) in [7, 11) is 3.56. The van der Waals surface area contributed by atoms with E-state index in [0.29, 0.717) is 0 Å². The lowest BCUT2D eigenvalue weighted by Crippen LogP contribution is -2.20. The van der Waals surface area contributed by atoms with Crippen molar-refractivity contribution >= 4 is 5.71 Å². The lowest BCUT2D eigenvalue weighted by atomic mass is 9.85. The molecule has 0 atom stereocenters. The molecule has 0 saturated heterocycles. The second-order valence-electron chi connectivity index (χ2n) is 6.20. The molecular weight excluding hydrogens is 286 g/mol. The Bertz CT molecular complexity index is 604. The fraction of sp³-hybridized carbons (Fsp3) is 0.421. The van der Waals surface area contributed by atoms with E-state index in [1.165, 1.54) is 0 Å². The molecule has 0 radical (unpaired) electrons. The van der Waals surface area contributed by atoms with Gasteiger partial charge in [0.15, 0.2) is 5.76 Å². The van der Waals surface area contributed by atoms with Crippen LogP contribution in [-0.4, -0.2) is 19.9 Å².